The minimum Gasteiger partial charge on any atom is -0.354 e. The van der Waals surface area contributed by atoms with Crippen LogP contribution < -0.4 is 5.32 Å². The molecule has 5 heteroatoms. The van der Waals surface area contributed by atoms with Crippen molar-refractivity contribution in [2.75, 3.05) is 19.6 Å². The summed E-state index contributed by atoms with van der Waals surface area (Å²) in [6.45, 7) is 1.66. The molecule has 0 unspecified atom stereocenters. The van der Waals surface area contributed by atoms with Crippen LogP contribution in [0.5, 0.6) is 0 Å². The second kappa shape index (κ2) is 4.44. The number of hydrogen-bond acceptors (Lipinski definition) is 3. The van der Waals surface area contributed by atoms with Crippen LogP contribution in [0.25, 0.3) is 0 Å². The predicted octanol–water partition coefficient (Wildman–Crippen LogP) is 0.710. The Morgan fingerprint density at radius 3 is 3.07 bits per heavy atom. The molecular weight excluding hydrogens is 212 g/mol. The Morgan fingerprint density at radius 1 is 1.47 bits per heavy atom. The van der Waals surface area contributed by atoms with E-state index < -0.39 is 0 Å². The lowest BCUT2D eigenvalue weighted by Crippen LogP contribution is -2.33. The largest absolute Gasteiger partial charge is 0.354 e. The molecule has 2 heterocycles. The summed E-state index contributed by atoms with van der Waals surface area (Å²) < 4.78 is 0. The summed E-state index contributed by atoms with van der Waals surface area (Å²) in [6, 6.07) is 1.81. The van der Waals surface area contributed by atoms with Gasteiger partial charge >= 0.3 is 0 Å². The van der Waals surface area contributed by atoms with Gasteiger partial charge in [-0.3, -0.25) is 9.59 Å². The van der Waals surface area contributed by atoms with Gasteiger partial charge in [0.1, 0.15) is 0 Å². The highest BCUT2D eigenvalue weighted by Crippen LogP contribution is 2.10. The normalized spacial score (nSPS) is 17.1. The topological polar surface area (TPSA) is 49.4 Å². The summed E-state index contributed by atoms with van der Waals surface area (Å²) in [5, 5.41) is 6.46. The first-order valence-electron chi connectivity index (χ1n) is 4.85. The molecule has 0 aliphatic carbocycles. The van der Waals surface area contributed by atoms with Crippen LogP contribution in [-0.4, -0.2) is 36.3 Å². The molecule has 0 saturated carbocycles. The van der Waals surface area contributed by atoms with Gasteiger partial charge in [0.15, 0.2) is 0 Å². The monoisotopic (exact) mass is 224 g/mol. The molecule has 1 aliphatic rings. The molecule has 4 nitrogen and oxygen atoms in total. The zero-order valence-corrected chi connectivity index (χ0v) is 9.05. The van der Waals surface area contributed by atoms with Crippen LogP contribution >= 0.6 is 11.3 Å². The molecule has 15 heavy (non-hydrogen) atoms. The van der Waals surface area contributed by atoms with Crippen molar-refractivity contribution in [3.05, 3.63) is 22.4 Å². The molecule has 1 aliphatic heterocycles. The minimum atomic E-state index is 0.0211. The average molecular weight is 224 g/mol. The number of rotatable bonds is 1. The minimum absolute atomic E-state index is 0.0211. The van der Waals surface area contributed by atoms with E-state index in [4.69, 9.17) is 0 Å². The Bertz CT molecular complexity index is 362. The number of nitrogens with zero attached hydrogens (tertiary/aromatic N) is 1. The molecule has 0 aromatic carbocycles. The maximum absolute atomic E-state index is 11.9. The summed E-state index contributed by atoms with van der Waals surface area (Å²) in [5.74, 6) is 0.0448. The van der Waals surface area contributed by atoms with Crippen molar-refractivity contribution in [2.45, 2.75) is 6.42 Å². The number of carbonyl (C=O) groups is 2. The van der Waals surface area contributed by atoms with Crippen molar-refractivity contribution in [3.63, 3.8) is 0 Å². The van der Waals surface area contributed by atoms with Crippen LogP contribution in [0.15, 0.2) is 16.8 Å². The first-order valence-corrected chi connectivity index (χ1v) is 5.80. The van der Waals surface area contributed by atoms with E-state index in [1.807, 2.05) is 16.8 Å². The Morgan fingerprint density at radius 2 is 2.33 bits per heavy atom. The number of carbonyl (C=O) groups excluding carboxylic acids is 2. The second-order valence-corrected chi connectivity index (χ2v) is 4.18. The fourth-order valence-corrected chi connectivity index (χ4v) is 2.17. The molecule has 1 saturated heterocycles. The van der Waals surface area contributed by atoms with Crippen molar-refractivity contribution >= 4 is 23.2 Å². The van der Waals surface area contributed by atoms with Gasteiger partial charge in [-0.25, -0.2) is 0 Å². The van der Waals surface area contributed by atoms with Gasteiger partial charge in [0.2, 0.25) is 5.91 Å². The number of thiophene rings is 1. The summed E-state index contributed by atoms with van der Waals surface area (Å²) in [6.07, 6.45) is 0.399. The first-order chi connectivity index (χ1) is 7.27. The SMILES string of the molecule is O=C1CCN(C(=O)c2ccsc2)CCN1. The van der Waals surface area contributed by atoms with Crippen LogP contribution in [0, 0.1) is 0 Å². The van der Waals surface area contributed by atoms with E-state index in [-0.39, 0.29) is 11.8 Å². The molecule has 1 N–H and O–H groups in total. The van der Waals surface area contributed by atoms with Gasteiger partial charge in [0.25, 0.3) is 5.91 Å². The van der Waals surface area contributed by atoms with E-state index in [0.29, 0.717) is 31.6 Å². The Kier molecular flexibility index (Phi) is 3.01. The van der Waals surface area contributed by atoms with Crippen LogP contribution in [-0.2, 0) is 4.79 Å². The molecule has 0 spiro atoms. The van der Waals surface area contributed by atoms with Gasteiger partial charge in [-0.1, -0.05) is 0 Å². The van der Waals surface area contributed by atoms with Gasteiger partial charge in [-0.05, 0) is 11.4 Å². The van der Waals surface area contributed by atoms with Crippen molar-refractivity contribution in [1.82, 2.24) is 10.2 Å². The fourth-order valence-electron chi connectivity index (χ4n) is 1.54. The molecule has 80 valence electrons. The molecular formula is C10H12N2O2S. The second-order valence-electron chi connectivity index (χ2n) is 3.40. The smallest absolute Gasteiger partial charge is 0.254 e. The maximum atomic E-state index is 11.9. The lowest BCUT2D eigenvalue weighted by atomic mass is 10.3. The van der Waals surface area contributed by atoms with Crippen LogP contribution in [0.2, 0.25) is 0 Å². The molecule has 2 rings (SSSR count). The molecule has 0 radical (unpaired) electrons. The highest BCUT2D eigenvalue weighted by atomic mass is 32.1. The van der Waals surface area contributed by atoms with E-state index in [1.165, 1.54) is 11.3 Å². The Labute approximate surface area is 91.9 Å². The lowest BCUT2D eigenvalue weighted by Gasteiger charge is -2.18. The third-order valence-corrected chi connectivity index (χ3v) is 3.05. The summed E-state index contributed by atoms with van der Waals surface area (Å²) in [7, 11) is 0. The molecule has 2 amide bonds. The third kappa shape index (κ3) is 2.36. The lowest BCUT2D eigenvalue weighted by molar-refractivity contribution is -0.120. The van der Waals surface area contributed by atoms with Crippen LogP contribution in [0.3, 0.4) is 0 Å². The summed E-state index contributed by atoms with van der Waals surface area (Å²) >= 11 is 1.51. The fraction of sp³-hybridized carbons (Fsp3) is 0.400. The van der Waals surface area contributed by atoms with E-state index >= 15 is 0 Å². The maximum Gasteiger partial charge on any atom is 0.254 e. The van der Waals surface area contributed by atoms with Gasteiger partial charge in [-0.2, -0.15) is 11.3 Å². The standard InChI is InChI=1S/C10H12N2O2S/c13-9-1-4-12(5-3-11-9)10(14)8-2-6-15-7-8/h2,6-7H,1,3-5H2,(H,11,13). The van der Waals surface area contributed by atoms with Gasteiger partial charge in [0.05, 0.1) is 5.56 Å². The van der Waals surface area contributed by atoms with Crippen molar-refractivity contribution in [3.8, 4) is 0 Å². The van der Waals surface area contributed by atoms with Crippen LogP contribution in [0.1, 0.15) is 16.8 Å². The van der Waals surface area contributed by atoms with Crippen molar-refractivity contribution < 1.29 is 9.59 Å². The number of hydrogen-bond donors (Lipinski definition) is 1. The van der Waals surface area contributed by atoms with E-state index in [1.54, 1.807) is 4.90 Å². The highest BCUT2D eigenvalue weighted by Gasteiger charge is 2.19. The van der Waals surface area contributed by atoms with E-state index in [2.05, 4.69) is 5.32 Å². The van der Waals surface area contributed by atoms with E-state index in [0.717, 1.165) is 0 Å². The first kappa shape index (κ1) is 10.2. The molecule has 0 bridgehead atoms. The number of nitrogens with one attached hydrogen (secondary N) is 1. The van der Waals surface area contributed by atoms with Gasteiger partial charge < -0.3 is 10.2 Å². The molecule has 1 fully saturated rings. The number of amides is 2. The zero-order valence-electron chi connectivity index (χ0n) is 8.23. The Hall–Kier alpha value is -1.36. The average Bonchev–Trinajstić information content (AvgIpc) is 2.67. The quantitative estimate of drug-likeness (QED) is 0.763. The highest BCUT2D eigenvalue weighted by molar-refractivity contribution is 7.08. The third-order valence-electron chi connectivity index (χ3n) is 2.37. The molecule has 1 aromatic rings. The van der Waals surface area contributed by atoms with Gasteiger partial charge in [-0.15, -0.1) is 0 Å². The predicted molar refractivity (Wildman–Crippen MR) is 57.8 cm³/mol. The zero-order chi connectivity index (χ0) is 10.7. The van der Waals surface area contributed by atoms with Gasteiger partial charge in [0, 0.05) is 31.4 Å². The molecule has 1 aromatic heterocycles. The summed E-state index contributed by atoms with van der Waals surface area (Å²) in [5.41, 5.74) is 0.717. The van der Waals surface area contributed by atoms with Crippen molar-refractivity contribution in [1.29, 1.82) is 0 Å². The van der Waals surface area contributed by atoms with Crippen molar-refractivity contribution in [2.24, 2.45) is 0 Å². The van der Waals surface area contributed by atoms with Crippen LogP contribution in [0.4, 0.5) is 0 Å². The molecule has 0 atom stereocenters. The van der Waals surface area contributed by atoms with E-state index in [9.17, 15) is 9.59 Å². The Balaban J connectivity index is 2.04. The summed E-state index contributed by atoms with van der Waals surface area (Å²) in [4.78, 5) is 24.7.